The molecule has 0 saturated heterocycles. The number of aromatic nitrogens is 1. The van der Waals surface area contributed by atoms with Crippen LogP contribution in [-0.4, -0.2) is 29.2 Å². The maximum Gasteiger partial charge on any atom is 0.280 e. The van der Waals surface area contributed by atoms with Crippen LogP contribution in [0.1, 0.15) is 16.1 Å². The van der Waals surface area contributed by atoms with Gasteiger partial charge in [-0.05, 0) is 12.1 Å². The molecule has 2 aromatic rings. The van der Waals surface area contributed by atoms with Crippen molar-refractivity contribution in [2.24, 2.45) is 10.9 Å². The normalized spacial score (nSPS) is 11.3. The Morgan fingerprint density at radius 1 is 1.47 bits per heavy atom. The maximum absolute atomic E-state index is 12.0. The molecule has 0 atom stereocenters. The molecule has 7 nitrogen and oxygen atoms in total. The number of nitrogens with two attached hydrogens (primary N) is 1. The third-order valence-corrected chi connectivity index (χ3v) is 2.60. The van der Waals surface area contributed by atoms with Gasteiger partial charge in [-0.3, -0.25) is 4.79 Å². The number of amidine groups is 1. The molecular formula is C12H12N4O3. The zero-order valence-corrected chi connectivity index (χ0v) is 10.1. The zero-order chi connectivity index (χ0) is 13.8. The second kappa shape index (κ2) is 5.21. The molecule has 19 heavy (non-hydrogen) atoms. The molecule has 0 spiro atoms. The van der Waals surface area contributed by atoms with Gasteiger partial charge in [-0.15, -0.1) is 0 Å². The summed E-state index contributed by atoms with van der Waals surface area (Å²) in [5, 5.41) is 15.1. The summed E-state index contributed by atoms with van der Waals surface area (Å²) < 4.78 is 4.63. The van der Waals surface area contributed by atoms with Gasteiger partial charge < -0.3 is 20.4 Å². The molecule has 0 aliphatic rings. The number of nitrogens with zero attached hydrogens (tertiary/aromatic N) is 3. The van der Waals surface area contributed by atoms with Gasteiger partial charge in [0.1, 0.15) is 6.26 Å². The minimum Gasteiger partial charge on any atom is -0.409 e. The van der Waals surface area contributed by atoms with E-state index in [9.17, 15) is 4.79 Å². The second-order valence-electron chi connectivity index (χ2n) is 3.78. The summed E-state index contributed by atoms with van der Waals surface area (Å²) in [6, 6.07) is 8.22. The van der Waals surface area contributed by atoms with Crippen molar-refractivity contribution in [2.45, 2.75) is 0 Å². The Hall–Kier alpha value is -2.83. The smallest absolute Gasteiger partial charge is 0.280 e. The van der Waals surface area contributed by atoms with Gasteiger partial charge in [0.25, 0.3) is 5.91 Å². The van der Waals surface area contributed by atoms with Crippen molar-refractivity contribution in [3.05, 3.63) is 47.9 Å². The van der Waals surface area contributed by atoms with E-state index in [0.717, 1.165) is 0 Å². The predicted molar refractivity (Wildman–Crippen MR) is 68.2 cm³/mol. The number of hydrogen-bond acceptors (Lipinski definition) is 5. The van der Waals surface area contributed by atoms with E-state index in [4.69, 9.17) is 10.9 Å². The summed E-state index contributed by atoms with van der Waals surface area (Å²) in [7, 11) is 1.60. The zero-order valence-electron chi connectivity index (χ0n) is 10.1. The number of anilines is 1. The van der Waals surface area contributed by atoms with E-state index in [-0.39, 0.29) is 17.4 Å². The Morgan fingerprint density at radius 2 is 2.26 bits per heavy atom. The summed E-state index contributed by atoms with van der Waals surface area (Å²) in [6.07, 6.45) is 1.33. The van der Waals surface area contributed by atoms with Crippen LogP contribution >= 0.6 is 0 Å². The minimum atomic E-state index is -0.314. The van der Waals surface area contributed by atoms with Crippen molar-refractivity contribution in [1.82, 2.24) is 5.16 Å². The van der Waals surface area contributed by atoms with Gasteiger partial charge in [0.15, 0.2) is 11.5 Å². The van der Waals surface area contributed by atoms with Crippen LogP contribution in [0.25, 0.3) is 0 Å². The molecule has 0 aliphatic heterocycles. The van der Waals surface area contributed by atoms with Crippen LogP contribution in [0.15, 0.2) is 46.3 Å². The van der Waals surface area contributed by atoms with Crippen molar-refractivity contribution < 1.29 is 14.5 Å². The predicted octanol–water partition coefficient (Wildman–Crippen LogP) is 1.05. The number of carbonyl (C=O) groups is 1. The van der Waals surface area contributed by atoms with Crippen LogP contribution in [0.5, 0.6) is 0 Å². The first kappa shape index (κ1) is 12.6. The summed E-state index contributed by atoms with van der Waals surface area (Å²) in [5.74, 6) is -0.338. The van der Waals surface area contributed by atoms with E-state index in [1.54, 1.807) is 31.3 Å². The molecular weight excluding hydrogens is 248 g/mol. The number of amides is 1. The lowest BCUT2D eigenvalue weighted by Gasteiger charge is -2.16. The van der Waals surface area contributed by atoms with Gasteiger partial charge in [-0.1, -0.05) is 22.4 Å². The fraction of sp³-hybridized carbons (Fsp3) is 0.0833. The molecule has 0 bridgehead atoms. The number of benzene rings is 1. The topological polar surface area (TPSA) is 105 Å². The van der Waals surface area contributed by atoms with Gasteiger partial charge in [0, 0.05) is 24.4 Å². The quantitative estimate of drug-likeness (QED) is 0.371. The van der Waals surface area contributed by atoms with Crippen LogP contribution < -0.4 is 10.6 Å². The fourth-order valence-corrected chi connectivity index (χ4v) is 1.54. The first-order valence-electron chi connectivity index (χ1n) is 5.40. The lowest BCUT2D eigenvalue weighted by atomic mass is 10.1. The number of carbonyl (C=O) groups excluding carboxylic acids is 1. The molecule has 98 valence electrons. The Kier molecular flexibility index (Phi) is 3.46. The van der Waals surface area contributed by atoms with Crippen molar-refractivity contribution >= 4 is 17.4 Å². The highest BCUT2D eigenvalue weighted by atomic mass is 16.5. The maximum atomic E-state index is 12.0. The highest BCUT2D eigenvalue weighted by Gasteiger charge is 2.16. The monoisotopic (exact) mass is 260 g/mol. The van der Waals surface area contributed by atoms with Gasteiger partial charge in [0.2, 0.25) is 0 Å². The van der Waals surface area contributed by atoms with E-state index in [1.165, 1.54) is 17.2 Å². The molecule has 1 aromatic heterocycles. The van der Waals surface area contributed by atoms with Crippen molar-refractivity contribution in [3.63, 3.8) is 0 Å². The fourth-order valence-electron chi connectivity index (χ4n) is 1.54. The Labute approximate surface area is 108 Å². The van der Waals surface area contributed by atoms with Gasteiger partial charge in [0.05, 0.1) is 0 Å². The van der Waals surface area contributed by atoms with Crippen molar-refractivity contribution in [1.29, 1.82) is 0 Å². The molecule has 0 aliphatic carbocycles. The third-order valence-electron chi connectivity index (χ3n) is 2.60. The first-order chi connectivity index (χ1) is 9.13. The summed E-state index contributed by atoms with van der Waals surface area (Å²) >= 11 is 0. The highest BCUT2D eigenvalue weighted by molar-refractivity contribution is 6.05. The second-order valence-corrected chi connectivity index (χ2v) is 3.78. The Balaban J connectivity index is 2.29. The molecule has 2 rings (SSSR count). The van der Waals surface area contributed by atoms with Crippen LogP contribution in [0.4, 0.5) is 5.69 Å². The number of oxime groups is 1. The molecule has 0 unspecified atom stereocenters. The van der Waals surface area contributed by atoms with Crippen LogP contribution in [0.3, 0.4) is 0 Å². The molecule has 0 saturated carbocycles. The molecule has 1 heterocycles. The molecule has 3 N–H and O–H groups in total. The summed E-state index contributed by atoms with van der Waals surface area (Å²) in [5.41, 5.74) is 6.82. The SMILES string of the molecule is CN(C(=O)c1ccon1)c1cccc(/C(N)=N/O)c1. The lowest BCUT2D eigenvalue weighted by molar-refractivity contribution is 0.0984. The highest BCUT2D eigenvalue weighted by Crippen LogP contribution is 2.16. The Morgan fingerprint density at radius 3 is 2.89 bits per heavy atom. The average Bonchev–Trinajstić information content (AvgIpc) is 2.99. The minimum absolute atomic E-state index is 0.0239. The van der Waals surface area contributed by atoms with Crippen LogP contribution in [0, 0.1) is 0 Å². The summed E-state index contributed by atoms with van der Waals surface area (Å²) in [4.78, 5) is 13.4. The van der Waals surface area contributed by atoms with Crippen LogP contribution in [0.2, 0.25) is 0 Å². The number of hydrogen-bond donors (Lipinski definition) is 2. The molecule has 0 radical (unpaired) electrons. The van der Waals surface area contributed by atoms with E-state index >= 15 is 0 Å². The molecule has 7 heteroatoms. The average molecular weight is 260 g/mol. The summed E-state index contributed by atoms with van der Waals surface area (Å²) in [6.45, 7) is 0. The Bertz CT molecular complexity index is 607. The molecule has 1 aromatic carbocycles. The van der Waals surface area contributed by atoms with Crippen molar-refractivity contribution in [2.75, 3.05) is 11.9 Å². The van der Waals surface area contributed by atoms with Gasteiger partial charge in [-0.25, -0.2) is 0 Å². The van der Waals surface area contributed by atoms with Crippen LogP contribution in [-0.2, 0) is 0 Å². The van der Waals surface area contributed by atoms with E-state index in [2.05, 4.69) is 14.8 Å². The molecule has 0 fully saturated rings. The van der Waals surface area contributed by atoms with E-state index in [0.29, 0.717) is 11.3 Å². The lowest BCUT2D eigenvalue weighted by Crippen LogP contribution is -2.27. The first-order valence-corrected chi connectivity index (χ1v) is 5.40. The van der Waals surface area contributed by atoms with Crippen molar-refractivity contribution in [3.8, 4) is 0 Å². The molecule has 1 amide bonds. The number of rotatable bonds is 3. The van der Waals surface area contributed by atoms with E-state index in [1.807, 2.05) is 0 Å². The van der Waals surface area contributed by atoms with Gasteiger partial charge >= 0.3 is 0 Å². The third kappa shape index (κ3) is 2.54. The largest absolute Gasteiger partial charge is 0.409 e. The standard InChI is InChI=1S/C12H12N4O3/c1-16(12(17)10-5-6-19-15-10)9-4-2-3-8(7-9)11(13)14-18/h2-7,18H,1H3,(H2,13,14). The van der Waals surface area contributed by atoms with Gasteiger partial charge in [-0.2, -0.15) is 0 Å². The van der Waals surface area contributed by atoms with E-state index < -0.39 is 0 Å².